The molecule has 13 heteroatoms. The lowest BCUT2D eigenvalue weighted by Crippen LogP contribution is -2.43. The molecule has 1 unspecified atom stereocenters. The average molecular weight is 466 g/mol. The third-order valence-corrected chi connectivity index (χ3v) is 5.29. The summed E-state index contributed by atoms with van der Waals surface area (Å²) in [7, 11) is 0. The fraction of sp³-hybridized carbons (Fsp3) is 0.500. The minimum atomic E-state index is -4.89. The van der Waals surface area contributed by atoms with E-state index in [-0.39, 0.29) is 29.5 Å². The number of nitrogens with zero attached hydrogens (tertiary/aromatic N) is 1. The normalized spacial score (nSPS) is 29.5. The van der Waals surface area contributed by atoms with Crippen molar-refractivity contribution in [3.63, 3.8) is 0 Å². The van der Waals surface area contributed by atoms with Crippen LogP contribution < -0.4 is 4.74 Å². The number of esters is 1. The number of carbonyl (C=O) groups excluding carboxylic acids is 1. The fourth-order valence-corrected chi connectivity index (χ4v) is 4.08. The second kappa shape index (κ2) is 7.84. The minimum Gasteiger partial charge on any atom is -0.475 e. The van der Waals surface area contributed by atoms with Crippen LogP contribution in [0.1, 0.15) is 11.1 Å². The molecule has 0 bridgehead atoms. The van der Waals surface area contributed by atoms with Crippen molar-refractivity contribution in [1.82, 2.24) is 0 Å². The molecule has 2 saturated heterocycles. The number of benzene rings is 1. The van der Waals surface area contributed by atoms with Crippen LogP contribution in [-0.4, -0.2) is 61.0 Å². The highest BCUT2D eigenvalue weighted by molar-refractivity contribution is 6.30. The van der Waals surface area contributed by atoms with Gasteiger partial charge in [-0.25, -0.2) is 4.79 Å². The largest absolute Gasteiger partial charge is 0.475 e. The fourth-order valence-electron chi connectivity index (χ4n) is 3.79. The molecule has 9 nitrogen and oxygen atoms in total. The molecule has 0 radical (unpaired) electrons. The van der Waals surface area contributed by atoms with E-state index in [1.807, 2.05) is 0 Å². The summed E-state index contributed by atoms with van der Waals surface area (Å²) >= 11 is 5.97. The van der Waals surface area contributed by atoms with Gasteiger partial charge >= 0.3 is 12.1 Å². The van der Waals surface area contributed by atoms with Crippen LogP contribution in [0.2, 0.25) is 5.02 Å². The highest BCUT2D eigenvalue weighted by Crippen LogP contribution is 2.41. The number of ether oxygens (including phenoxy) is 4. The van der Waals surface area contributed by atoms with Gasteiger partial charge in [-0.05, 0) is 30.7 Å². The number of alkyl halides is 3. The Morgan fingerprint density at radius 1 is 1.23 bits per heavy atom. The Morgan fingerprint density at radius 2 is 1.87 bits per heavy atom. The van der Waals surface area contributed by atoms with E-state index in [2.05, 4.69) is 4.84 Å². The molecule has 5 atom stereocenters. The van der Waals surface area contributed by atoms with Crippen molar-refractivity contribution in [1.29, 1.82) is 0 Å². The molecule has 3 aliphatic heterocycles. The quantitative estimate of drug-likeness (QED) is 0.379. The molecule has 0 aliphatic carbocycles. The van der Waals surface area contributed by atoms with Gasteiger partial charge in [-0.1, -0.05) is 11.6 Å². The van der Waals surface area contributed by atoms with Crippen LogP contribution in [0.5, 0.6) is 5.75 Å². The molecule has 0 spiro atoms. The highest BCUT2D eigenvalue weighted by atomic mass is 35.5. The molecule has 3 aliphatic rings. The van der Waals surface area contributed by atoms with Gasteiger partial charge in [-0.2, -0.15) is 13.2 Å². The average Bonchev–Trinajstić information content (AvgIpc) is 3.23. The highest BCUT2D eigenvalue weighted by Gasteiger charge is 2.53. The predicted octanol–water partition coefficient (Wildman–Crippen LogP) is 2.64. The zero-order valence-electron chi connectivity index (χ0n) is 15.8. The van der Waals surface area contributed by atoms with Crippen LogP contribution in [0.3, 0.4) is 0 Å². The molecular formula is C18H15ClF3NO8. The van der Waals surface area contributed by atoms with Crippen molar-refractivity contribution in [3.05, 3.63) is 44.0 Å². The topological polar surface area (TPSA) is 106 Å². The van der Waals surface area contributed by atoms with Crippen LogP contribution >= 0.6 is 11.6 Å². The first-order chi connectivity index (χ1) is 14.5. The molecule has 3 heterocycles. The van der Waals surface area contributed by atoms with Crippen LogP contribution in [0, 0.1) is 17.0 Å². The SMILES string of the molecule is Cc1cc(Cl)cc2c1OC(C(F)(F)F)C(C(=O)O[C@H]1CO[C@H]3[C@@H]1OC[C@H]3O[N+](=O)[O-])=C2. The first-order valence-corrected chi connectivity index (χ1v) is 9.43. The lowest BCUT2D eigenvalue weighted by atomic mass is 9.99. The Labute approximate surface area is 177 Å². The minimum absolute atomic E-state index is 0.0357. The van der Waals surface area contributed by atoms with Crippen molar-refractivity contribution >= 4 is 23.6 Å². The zero-order chi connectivity index (χ0) is 22.5. The molecule has 0 aromatic heterocycles. The van der Waals surface area contributed by atoms with Gasteiger partial charge in [0.1, 0.15) is 18.0 Å². The lowest BCUT2D eigenvalue weighted by molar-refractivity contribution is -0.769. The smallest absolute Gasteiger partial charge is 0.430 e. The molecule has 4 rings (SSSR count). The number of halogens is 4. The first-order valence-electron chi connectivity index (χ1n) is 9.05. The van der Waals surface area contributed by atoms with E-state index in [4.69, 9.17) is 30.5 Å². The molecule has 0 amide bonds. The lowest BCUT2D eigenvalue weighted by Gasteiger charge is -2.29. The Kier molecular flexibility index (Phi) is 5.48. The van der Waals surface area contributed by atoms with Gasteiger partial charge in [0.2, 0.25) is 6.10 Å². The molecule has 1 aromatic rings. The summed E-state index contributed by atoms with van der Waals surface area (Å²) in [6, 6.07) is 2.82. The van der Waals surface area contributed by atoms with Crippen LogP contribution in [0.15, 0.2) is 17.7 Å². The molecule has 0 N–H and O–H groups in total. The molecule has 31 heavy (non-hydrogen) atoms. The van der Waals surface area contributed by atoms with E-state index in [1.54, 1.807) is 0 Å². The number of fused-ring (bicyclic) bond motifs is 2. The van der Waals surface area contributed by atoms with Crippen molar-refractivity contribution in [3.8, 4) is 5.75 Å². The summed E-state index contributed by atoms with van der Waals surface area (Å²) < 4.78 is 61.9. The Bertz CT molecular complexity index is 952. The van der Waals surface area contributed by atoms with Crippen molar-refractivity contribution in [2.45, 2.75) is 43.6 Å². The molecular weight excluding hydrogens is 451 g/mol. The molecule has 168 valence electrons. The molecule has 2 fully saturated rings. The third kappa shape index (κ3) is 4.14. The summed E-state index contributed by atoms with van der Waals surface area (Å²) in [4.78, 5) is 27.7. The van der Waals surface area contributed by atoms with E-state index >= 15 is 0 Å². The van der Waals surface area contributed by atoms with E-state index < -0.39 is 53.3 Å². The van der Waals surface area contributed by atoms with Gasteiger partial charge < -0.3 is 23.8 Å². The number of carbonyl (C=O) groups is 1. The maximum Gasteiger partial charge on any atom is 0.430 e. The van der Waals surface area contributed by atoms with Gasteiger partial charge in [0, 0.05) is 10.6 Å². The molecule has 1 aromatic carbocycles. The van der Waals surface area contributed by atoms with Crippen LogP contribution in [0.25, 0.3) is 6.08 Å². The monoisotopic (exact) mass is 465 g/mol. The Morgan fingerprint density at radius 3 is 2.52 bits per heavy atom. The van der Waals surface area contributed by atoms with Gasteiger partial charge in [-0.3, -0.25) is 0 Å². The first kappa shape index (κ1) is 21.7. The second-order valence-corrected chi connectivity index (χ2v) is 7.62. The third-order valence-electron chi connectivity index (χ3n) is 5.07. The Hall–Kier alpha value is -2.57. The van der Waals surface area contributed by atoms with Gasteiger partial charge in [0.05, 0.1) is 18.8 Å². The van der Waals surface area contributed by atoms with Crippen LogP contribution in [-0.2, 0) is 23.8 Å². The van der Waals surface area contributed by atoms with Gasteiger partial charge in [-0.15, -0.1) is 10.1 Å². The zero-order valence-corrected chi connectivity index (χ0v) is 16.5. The van der Waals surface area contributed by atoms with E-state index in [9.17, 15) is 28.1 Å². The number of hydrogen-bond donors (Lipinski definition) is 0. The van der Waals surface area contributed by atoms with Crippen LogP contribution in [0.4, 0.5) is 13.2 Å². The van der Waals surface area contributed by atoms with Crippen molar-refractivity contribution < 1.29 is 46.8 Å². The maximum absolute atomic E-state index is 13.6. The summed E-state index contributed by atoms with van der Waals surface area (Å²) in [5.74, 6) is -1.31. The van der Waals surface area contributed by atoms with E-state index in [0.717, 1.165) is 6.08 Å². The number of rotatable bonds is 4. The standard InChI is InChI=1S/C18H15ClF3NO8/c1-7-2-9(19)3-8-4-10(16(18(20,21)22)30-13(7)8)17(24)29-11-5-27-15-12(31-23(25)26)6-28-14(11)15/h2-4,11-12,14-16H,5-6H2,1H3/t11-,12+,14+,15+,16?/m0/s1. The Balaban J connectivity index is 1.56. The predicted molar refractivity (Wildman–Crippen MR) is 95.9 cm³/mol. The second-order valence-electron chi connectivity index (χ2n) is 7.19. The summed E-state index contributed by atoms with van der Waals surface area (Å²) in [6.07, 6.45) is -10.3. The number of hydrogen-bond acceptors (Lipinski definition) is 8. The number of aryl methyl sites for hydroxylation is 1. The van der Waals surface area contributed by atoms with E-state index in [1.165, 1.54) is 19.1 Å². The van der Waals surface area contributed by atoms with E-state index in [0.29, 0.717) is 5.56 Å². The maximum atomic E-state index is 13.6. The summed E-state index contributed by atoms with van der Waals surface area (Å²) in [6.45, 7) is 1.13. The van der Waals surface area contributed by atoms with Crippen molar-refractivity contribution in [2.24, 2.45) is 0 Å². The summed E-state index contributed by atoms with van der Waals surface area (Å²) in [5.41, 5.74) is -0.181. The van der Waals surface area contributed by atoms with Gasteiger partial charge in [0.15, 0.2) is 12.2 Å². The summed E-state index contributed by atoms with van der Waals surface area (Å²) in [5, 5.41) is 9.80. The van der Waals surface area contributed by atoms with Gasteiger partial charge in [0.25, 0.3) is 5.09 Å². The molecule has 0 saturated carbocycles. The van der Waals surface area contributed by atoms with Crippen molar-refractivity contribution in [2.75, 3.05) is 13.2 Å².